The predicted octanol–water partition coefficient (Wildman–Crippen LogP) is 2.61. The molecular weight excluding hydrogens is 308 g/mol. The molecule has 1 aliphatic heterocycles. The number of carbonyl (C=O) groups excluding carboxylic acids is 1. The maximum absolute atomic E-state index is 12.4. The standard InChI is InChI=1S/C17H22N4OS/c1-20(2)14-6-3-5-13(11-14)16(22)19-12-15-7-4-9-21(15)17-18-8-10-23-17/h3,5-6,8,10-11,15H,4,7,9,12H2,1-2H3,(H,19,22)/t15-/m1/s1. The van der Waals surface area contributed by atoms with E-state index in [1.54, 1.807) is 11.3 Å². The van der Waals surface area contributed by atoms with Crippen molar-refractivity contribution in [2.45, 2.75) is 18.9 Å². The third-order valence-corrected chi connectivity index (χ3v) is 4.97. The fraction of sp³-hybridized carbons (Fsp3) is 0.412. The maximum atomic E-state index is 12.4. The molecular formula is C17H22N4OS. The molecule has 122 valence electrons. The summed E-state index contributed by atoms with van der Waals surface area (Å²) in [4.78, 5) is 21.1. The van der Waals surface area contributed by atoms with E-state index in [1.807, 2.05) is 54.8 Å². The smallest absolute Gasteiger partial charge is 0.251 e. The molecule has 1 aromatic heterocycles. The average molecular weight is 330 g/mol. The first-order chi connectivity index (χ1) is 11.1. The second-order valence-corrected chi connectivity index (χ2v) is 6.83. The normalized spacial score (nSPS) is 17.3. The van der Waals surface area contributed by atoms with Gasteiger partial charge in [0.25, 0.3) is 5.91 Å². The summed E-state index contributed by atoms with van der Waals surface area (Å²) >= 11 is 1.66. The van der Waals surface area contributed by atoms with Crippen LogP contribution in [-0.4, -0.2) is 44.1 Å². The Labute approximate surface area is 140 Å². The van der Waals surface area contributed by atoms with Gasteiger partial charge in [0, 0.05) is 56.1 Å². The van der Waals surface area contributed by atoms with Crippen molar-refractivity contribution in [2.24, 2.45) is 0 Å². The van der Waals surface area contributed by atoms with Gasteiger partial charge in [-0.25, -0.2) is 4.98 Å². The van der Waals surface area contributed by atoms with Gasteiger partial charge in [0.05, 0.1) is 0 Å². The van der Waals surface area contributed by atoms with Crippen LogP contribution in [0, 0.1) is 0 Å². The number of nitrogens with zero attached hydrogens (tertiary/aromatic N) is 3. The van der Waals surface area contributed by atoms with E-state index in [1.165, 1.54) is 0 Å². The lowest BCUT2D eigenvalue weighted by Gasteiger charge is -2.24. The molecule has 0 saturated carbocycles. The van der Waals surface area contributed by atoms with Crippen LogP contribution in [0.25, 0.3) is 0 Å². The summed E-state index contributed by atoms with van der Waals surface area (Å²) in [6, 6.07) is 8.03. The Hall–Kier alpha value is -2.08. The third kappa shape index (κ3) is 3.64. The first-order valence-electron chi connectivity index (χ1n) is 7.87. The van der Waals surface area contributed by atoms with Crippen molar-refractivity contribution in [3.8, 4) is 0 Å². The van der Waals surface area contributed by atoms with Crippen LogP contribution in [0.15, 0.2) is 35.8 Å². The minimum Gasteiger partial charge on any atom is -0.378 e. The van der Waals surface area contributed by atoms with Crippen LogP contribution >= 0.6 is 11.3 Å². The van der Waals surface area contributed by atoms with Crippen LogP contribution in [0.4, 0.5) is 10.8 Å². The van der Waals surface area contributed by atoms with Crippen molar-refractivity contribution in [1.29, 1.82) is 0 Å². The molecule has 0 aliphatic carbocycles. The zero-order chi connectivity index (χ0) is 16.2. The summed E-state index contributed by atoms with van der Waals surface area (Å²) in [7, 11) is 3.95. The Kier molecular flexibility index (Phi) is 4.81. The summed E-state index contributed by atoms with van der Waals surface area (Å²) in [5.41, 5.74) is 1.73. The van der Waals surface area contributed by atoms with Gasteiger partial charge in [-0.2, -0.15) is 0 Å². The quantitative estimate of drug-likeness (QED) is 0.915. The van der Waals surface area contributed by atoms with E-state index in [4.69, 9.17) is 0 Å². The molecule has 6 heteroatoms. The van der Waals surface area contributed by atoms with Gasteiger partial charge in [-0.1, -0.05) is 6.07 Å². The van der Waals surface area contributed by atoms with Gasteiger partial charge in [-0.05, 0) is 31.0 Å². The minimum atomic E-state index is -0.0142. The van der Waals surface area contributed by atoms with E-state index in [0.29, 0.717) is 18.2 Å². The number of rotatable bonds is 5. The van der Waals surface area contributed by atoms with E-state index >= 15 is 0 Å². The van der Waals surface area contributed by atoms with Gasteiger partial charge < -0.3 is 15.1 Å². The van der Waals surface area contributed by atoms with E-state index in [9.17, 15) is 4.79 Å². The third-order valence-electron chi connectivity index (χ3n) is 4.17. The predicted molar refractivity (Wildman–Crippen MR) is 95.6 cm³/mol. The highest BCUT2D eigenvalue weighted by Crippen LogP contribution is 2.26. The minimum absolute atomic E-state index is 0.0142. The van der Waals surface area contributed by atoms with Crippen molar-refractivity contribution in [2.75, 3.05) is 37.0 Å². The van der Waals surface area contributed by atoms with Gasteiger partial charge in [-0.15, -0.1) is 11.3 Å². The van der Waals surface area contributed by atoms with Crippen molar-refractivity contribution in [3.05, 3.63) is 41.4 Å². The van der Waals surface area contributed by atoms with Gasteiger partial charge in [-0.3, -0.25) is 4.79 Å². The molecule has 0 unspecified atom stereocenters. The summed E-state index contributed by atoms with van der Waals surface area (Å²) < 4.78 is 0. The molecule has 1 amide bonds. The van der Waals surface area contributed by atoms with Crippen LogP contribution in [0.2, 0.25) is 0 Å². The highest BCUT2D eigenvalue weighted by atomic mass is 32.1. The maximum Gasteiger partial charge on any atom is 0.251 e. The lowest BCUT2D eigenvalue weighted by atomic mass is 10.1. The molecule has 2 heterocycles. The molecule has 1 atom stereocenters. The topological polar surface area (TPSA) is 48.5 Å². The number of benzene rings is 1. The van der Waals surface area contributed by atoms with Crippen LogP contribution in [0.5, 0.6) is 0 Å². The second kappa shape index (κ2) is 7.00. The zero-order valence-corrected chi connectivity index (χ0v) is 14.3. The van der Waals surface area contributed by atoms with Gasteiger partial charge in [0.2, 0.25) is 0 Å². The molecule has 1 fully saturated rings. The summed E-state index contributed by atoms with van der Waals surface area (Å²) in [5, 5.41) is 6.12. The summed E-state index contributed by atoms with van der Waals surface area (Å²) in [5.74, 6) is -0.0142. The Morgan fingerprint density at radius 3 is 3.09 bits per heavy atom. The van der Waals surface area contributed by atoms with Crippen LogP contribution in [0.3, 0.4) is 0 Å². The van der Waals surface area contributed by atoms with Crippen molar-refractivity contribution in [3.63, 3.8) is 0 Å². The largest absolute Gasteiger partial charge is 0.378 e. The number of carbonyl (C=O) groups is 1. The first kappa shape index (κ1) is 15.8. The molecule has 23 heavy (non-hydrogen) atoms. The summed E-state index contributed by atoms with van der Waals surface area (Å²) in [6.45, 7) is 1.68. The summed E-state index contributed by atoms with van der Waals surface area (Å²) in [6.07, 6.45) is 4.08. The number of thiazole rings is 1. The van der Waals surface area contributed by atoms with Crippen molar-refractivity contribution >= 4 is 28.1 Å². The number of hydrogen-bond donors (Lipinski definition) is 1. The van der Waals surface area contributed by atoms with E-state index in [0.717, 1.165) is 30.2 Å². The number of anilines is 2. The molecule has 0 spiro atoms. The monoisotopic (exact) mass is 330 g/mol. The molecule has 1 saturated heterocycles. The van der Waals surface area contributed by atoms with Gasteiger partial charge >= 0.3 is 0 Å². The SMILES string of the molecule is CN(C)c1cccc(C(=O)NC[C@H]2CCCN2c2nccs2)c1. The second-order valence-electron chi connectivity index (χ2n) is 5.96. The highest BCUT2D eigenvalue weighted by Gasteiger charge is 2.26. The van der Waals surface area contributed by atoms with E-state index in [2.05, 4.69) is 15.2 Å². The Balaban J connectivity index is 1.61. The van der Waals surface area contributed by atoms with Crippen molar-refractivity contribution < 1.29 is 4.79 Å². The lowest BCUT2D eigenvalue weighted by Crippen LogP contribution is -2.40. The molecule has 1 aliphatic rings. The fourth-order valence-corrected chi connectivity index (χ4v) is 3.64. The van der Waals surface area contributed by atoms with Gasteiger partial charge in [0.15, 0.2) is 5.13 Å². The number of nitrogens with one attached hydrogen (secondary N) is 1. The molecule has 1 N–H and O–H groups in total. The zero-order valence-electron chi connectivity index (χ0n) is 13.5. The average Bonchev–Trinajstić information content (AvgIpc) is 3.23. The molecule has 0 radical (unpaired) electrons. The Bertz CT molecular complexity index is 656. The highest BCUT2D eigenvalue weighted by molar-refractivity contribution is 7.13. The molecule has 5 nitrogen and oxygen atoms in total. The van der Waals surface area contributed by atoms with Crippen LogP contribution < -0.4 is 15.1 Å². The van der Waals surface area contributed by atoms with Crippen LogP contribution in [-0.2, 0) is 0 Å². The Morgan fingerprint density at radius 2 is 2.35 bits per heavy atom. The van der Waals surface area contributed by atoms with E-state index < -0.39 is 0 Å². The number of hydrogen-bond acceptors (Lipinski definition) is 5. The van der Waals surface area contributed by atoms with Crippen LogP contribution in [0.1, 0.15) is 23.2 Å². The Morgan fingerprint density at radius 1 is 1.48 bits per heavy atom. The number of aromatic nitrogens is 1. The first-order valence-corrected chi connectivity index (χ1v) is 8.75. The molecule has 2 aromatic rings. The van der Waals surface area contributed by atoms with Gasteiger partial charge in [0.1, 0.15) is 0 Å². The lowest BCUT2D eigenvalue weighted by molar-refractivity contribution is 0.0951. The molecule has 1 aromatic carbocycles. The van der Waals surface area contributed by atoms with Crippen molar-refractivity contribution in [1.82, 2.24) is 10.3 Å². The van der Waals surface area contributed by atoms with E-state index in [-0.39, 0.29) is 5.91 Å². The molecule has 0 bridgehead atoms. The fourth-order valence-electron chi connectivity index (χ4n) is 2.90. The number of amides is 1. The molecule has 3 rings (SSSR count).